The molecule has 1 amide bonds. The Kier molecular flexibility index (Phi) is 6.15. The van der Waals surface area contributed by atoms with Crippen molar-refractivity contribution in [1.82, 2.24) is 0 Å². The van der Waals surface area contributed by atoms with Crippen LogP contribution >= 0.6 is 22.6 Å². The van der Waals surface area contributed by atoms with Crippen LogP contribution in [0.3, 0.4) is 0 Å². The van der Waals surface area contributed by atoms with Gasteiger partial charge in [-0.25, -0.2) is 4.79 Å². The van der Waals surface area contributed by atoms with Crippen molar-refractivity contribution in [1.29, 1.82) is 0 Å². The first-order chi connectivity index (χ1) is 13.0. The topological polar surface area (TPSA) is 68.5 Å². The summed E-state index contributed by atoms with van der Waals surface area (Å²) in [4.78, 5) is 23.9. The average molecular weight is 477 g/mol. The van der Waals surface area contributed by atoms with Crippen molar-refractivity contribution in [3.63, 3.8) is 0 Å². The molecule has 3 aromatic rings. The van der Waals surface area contributed by atoms with Crippen molar-refractivity contribution in [2.24, 2.45) is 0 Å². The van der Waals surface area contributed by atoms with Gasteiger partial charge < -0.3 is 14.5 Å². The normalized spacial score (nSPS) is 10.8. The van der Waals surface area contributed by atoms with Gasteiger partial charge in [-0.1, -0.05) is 13.3 Å². The molecule has 1 N–H and O–H groups in total. The molecule has 0 saturated heterocycles. The first-order valence-corrected chi connectivity index (χ1v) is 9.79. The predicted octanol–water partition coefficient (Wildman–Crippen LogP) is 4.68. The number of benzene rings is 2. The Morgan fingerprint density at radius 3 is 2.74 bits per heavy atom. The lowest BCUT2D eigenvalue weighted by atomic mass is 10.1. The third kappa shape index (κ3) is 4.88. The van der Waals surface area contributed by atoms with Crippen molar-refractivity contribution in [3.8, 4) is 5.75 Å². The molecule has 0 atom stereocenters. The van der Waals surface area contributed by atoms with Crippen LogP contribution in [-0.2, 0) is 11.2 Å². The van der Waals surface area contributed by atoms with Crippen LogP contribution in [0.25, 0.3) is 11.0 Å². The van der Waals surface area contributed by atoms with E-state index in [1.807, 2.05) is 31.2 Å². The number of anilines is 1. The molecule has 0 aliphatic carbocycles. The van der Waals surface area contributed by atoms with Gasteiger partial charge in [0.15, 0.2) is 6.61 Å². The largest absolute Gasteiger partial charge is 0.484 e. The van der Waals surface area contributed by atoms with E-state index in [9.17, 15) is 9.59 Å². The lowest BCUT2D eigenvalue weighted by Crippen LogP contribution is -2.20. The van der Waals surface area contributed by atoms with Gasteiger partial charge in [-0.2, -0.15) is 0 Å². The SMILES string of the molecule is CCCc1cc(=O)oc2cc(OCC(=O)Nc3ccc(I)cc3C)ccc12. The van der Waals surface area contributed by atoms with Gasteiger partial charge in [0.1, 0.15) is 11.3 Å². The molecule has 0 saturated carbocycles. The van der Waals surface area contributed by atoms with Crippen molar-refractivity contribution < 1.29 is 13.9 Å². The second kappa shape index (κ2) is 8.56. The smallest absolute Gasteiger partial charge is 0.336 e. The number of carbonyl (C=O) groups excluding carboxylic acids is 1. The Balaban J connectivity index is 1.71. The van der Waals surface area contributed by atoms with Crippen LogP contribution in [0.5, 0.6) is 5.75 Å². The molecular formula is C21H20INO4. The molecule has 0 aliphatic heterocycles. The van der Waals surface area contributed by atoms with Gasteiger partial charge in [-0.05, 0) is 77.4 Å². The van der Waals surface area contributed by atoms with E-state index in [1.54, 1.807) is 12.1 Å². The maximum absolute atomic E-state index is 12.2. The summed E-state index contributed by atoms with van der Waals surface area (Å²) in [6, 6.07) is 12.6. The third-order valence-corrected chi connectivity index (χ3v) is 4.82. The number of nitrogens with one attached hydrogen (secondary N) is 1. The number of hydrogen-bond donors (Lipinski definition) is 1. The van der Waals surface area contributed by atoms with Crippen LogP contribution in [0.1, 0.15) is 24.5 Å². The van der Waals surface area contributed by atoms with E-state index >= 15 is 0 Å². The standard InChI is InChI=1S/C21H20INO4/c1-3-4-14-10-21(25)27-19-11-16(6-7-17(14)19)26-12-20(24)23-18-8-5-15(22)9-13(18)2/h5-11H,3-4,12H2,1-2H3,(H,23,24). The van der Waals surface area contributed by atoms with E-state index in [2.05, 4.69) is 34.8 Å². The van der Waals surface area contributed by atoms with Gasteiger partial charge in [0.2, 0.25) is 0 Å². The summed E-state index contributed by atoms with van der Waals surface area (Å²) in [6.07, 6.45) is 1.75. The molecule has 1 heterocycles. The molecule has 3 rings (SSSR count). The Labute approximate surface area is 170 Å². The highest BCUT2D eigenvalue weighted by Gasteiger charge is 2.09. The Morgan fingerprint density at radius 1 is 1.19 bits per heavy atom. The molecular weight excluding hydrogens is 457 g/mol. The molecule has 5 nitrogen and oxygen atoms in total. The number of halogens is 1. The molecule has 0 bridgehead atoms. The minimum absolute atomic E-state index is 0.129. The number of hydrogen-bond acceptors (Lipinski definition) is 4. The van der Waals surface area contributed by atoms with Crippen molar-refractivity contribution in [2.75, 3.05) is 11.9 Å². The molecule has 140 valence electrons. The Hall–Kier alpha value is -2.35. The summed E-state index contributed by atoms with van der Waals surface area (Å²) >= 11 is 2.23. The highest BCUT2D eigenvalue weighted by molar-refractivity contribution is 14.1. The number of aryl methyl sites for hydroxylation is 2. The first-order valence-electron chi connectivity index (χ1n) is 8.72. The second-order valence-electron chi connectivity index (χ2n) is 6.29. The molecule has 6 heteroatoms. The minimum atomic E-state index is -0.380. The Bertz CT molecular complexity index is 1040. The Morgan fingerprint density at radius 2 is 2.00 bits per heavy atom. The summed E-state index contributed by atoms with van der Waals surface area (Å²) in [5, 5.41) is 3.73. The van der Waals surface area contributed by atoms with Gasteiger partial charge in [-0.15, -0.1) is 0 Å². The van der Waals surface area contributed by atoms with Crippen LogP contribution < -0.4 is 15.7 Å². The molecule has 27 heavy (non-hydrogen) atoms. The molecule has 0 unspecified atom stereocenters. The van der Waals surface area contributed by atoms with E-state index < -0.39 is 0 Å². The van der Waals surface area contributed by atoms with Crippen LogP contribution in [0.15, 0.2) is 51.7 Å². The highest BCUT2D eigenvalue weighted by Crippen LogP contribution is 2.24. The van der Waals surface area contributed by atoms with Crippen molar-refractivity contribution >= 4 is 45.2 Å². The van der Waals surface area contributed by atoms with E-state index in [4.69, 9.17) is 9.15 Å². The van der Waals surface area contributed by atoms with Crippen molar-refractivity contribution in [2.45, 2.75) is 26.7 Å². The summed E-state index contributed by atoms with van der Waals surface area (Å²) in [5.74, 6) is 0.231. The number of rotatable bonds is 6. The summed E-state index contributed by atoms with van der Waals surface area (Å²) in [6.45, 7) is 3.87. The van der Waals surface area contributed by atoms with Gasteiger partial charge in [0.25, 0.3) is 5.91 Å². The van der Waals surface area contributed by atoms with Gasteiger partial charge in [0, 0.05) is 26.8 Å². The van der Waals surface area contributed by atoms with Gasteiger partial charge in [-0.3, -0.25) is 4.79 Å². The quantitative estimate of drug-likeness (QED) is 0.414. The molecule has 0 aliphatic rings. The van der Waals surface area contributed by atoms with Crippen molar-refractivity contribution in [3.05, 3.63) is 67.6 Å². The van der Waals surface area contributed by atoms with E-state index in [1.165, 1.54) is 6.07 Å². The maximum atomic E-state index is 12.2. The van der Waals surface area contributed by atoms with Crippen LogP contribution in [-0.4, -0.2) is 12.5 Å². The summed E-state index contributed by atoms with van der Waals surface area (Å²) in [7, 11) is 0. The minimum Gasteiger partial charge on any atom is -0.484 e. The van der Waals surface area contributed by atoms with Gasteiger partial charge in [0.05, 0.1) is 0 Å². The zero-order chi connectivity index (χ0) is 19.4. The molecule has 0 fully saturated rings. The summed E-state index contributed by atoms with van der Waals surface area (Å²) < 4.78 is 12.0. The molecule has 2 aromatic carbocycles. The molecule has 0 spiro atoms. The molecule has 0 radical (unpaired) electrons. The van der Waals surface area contributed by atoms with Crippen LogP contribution in [0.4, 0.5) is 5.69 Å². The lowest BCUT2D eigenvalue weighted by molar-refractivity contribution is -0.118. The summed E-state index contributed by atoms with van der Waals surface area (Å²) in [5.41, 5.74) is 2.80. The van der Waals surface area contributed by atoms with E-state index in [-0.39, 0.29) is 18.1 Å². The van der Waals surface area contributed by atoms with Crippen LogP contribution in [0.2, 0.25) is 0 Å². The lowest BCUT2D eigenvalue weighted by Gasteiger charge is -2.11. The number of carbonyl (C=O) groups is 1. The average Bonchev–Trinajstić information content (AvgIpc) is 2.62. The molecule has 1 aromatic heterocycles. The fraction of sp³-hybridized carbons (Fsp3) is 0.238. The van der Waals surface area contributed by atoms with Gasteiger partial charge >= 0.3 is 5.63 Å². The fourth-order valence-electron chi connectivity index (χ4n) is 2.88. The highest BCUT2D eigenvalue weighted by atomic mass is 127. The third-order valence-electron chi connectivity index (χ3n) is 4.15. The van der Waals surface area contributed by atoms with Crippen LogP contribution in [0, 0.1) is 10.5 Å². The zero-order valence-corrected chi connectivity index (χ0v) is 17.3. The maximum Gasteiger partial charge on any atom is 0.336 e. The number of fused-ring (bicyclic) bond motifs is 1. The van der Waals surface area contributed by atoms with E-state index in [0.717, 1.165) is 38.6 Å². The first kappa shape index (κ1) is 19.4. The van der Waals surface area contributed by atoms with E-state index in [0.29, 0.717) is 11.3 Å². The fourth-order valence-corrected chi connectivity index (χ4v) is 3.53. The monoisotopic (exact) mass is 477 g/mol. The predicted molar refractivity (Wildman–Crippen MR) is 114 cm³/mol. The second-order valence-corrected chi connectivity index (χ2v) is 7.54. The number of amides is 1. The number of ether oxygens (including phenoxy) is 1. The zero-order valence-electron chi connectivity index (χ0n) is 15.2.